The molecule has 1 aromatic carbocycles. The summed E-state index contributed by atoms with van der Waals surface area (Å²) in [6, 6.07) is 2.75. The Morgan fingerprint density at radius 2 is 2.14 bits per heavy atom. The molecule has 0 saturated heterocycles. The lowest BCUT2D eigenvalue weighted by Crippen LogP contribution is -2.09. The molecular weight excluding hydrogens is 183 g/mol. The van der Waals surface area contributed by atoms with Gasteiger partial charge in [0.2, 0.25) is 0 Å². The van der Waals surface area contributed by atoms with E-state index in [0.29, 0.717) is 35.8 Å². The van der Waals surface area contributed by atoms with Gasteiger partial charge in [-0.15, -0.1) is 0 Å². The molecule has 1 fully saturated rings. The zero-order valence-electron chi connectivity index (χ0n) is 7.88. The monoisotopic (exact) mass is 194 g/mol. The molecule has 14 heavy (non-hydrogen) atoms. The van der Waals surface area contributed by atoms with Crippen molar-refractivity contribution < 1.29 is 14.3 Å². The zero-order chi connectivity index (χ0) is 10.3. The second-order valence-electron chi connectivity index (χ2n) is 3.84. The maximum atomic E-state index is 13.2. The second kappa shape index (κ2) is 2.89. The molecule has 0 spiro atoms. The summed E-state index contributed by atoms with van der Waals surface area (Å²) in [5.74, 6) is -0.370. The lowest BCUT2D eigenvalue weighted by molar-refractivity contribution is 0.110. The van der Waals surface area contributed by atoms with Crippen LogP contribution < -0.4 is 0 Å². The molecule has 1 aliphatic carbocycles. The van der Waals surface area contributed by atoms with Gasteiger partial charge >= 0.3 is 0 Å². The van der Waals surface area contributed by atoms with Crippen molar-refractivity contribution in [3.8, 4) is 0 Å². The lowest BCUT2D eigenvalue weighted by atomic mass is 9.99. The minimum Gasteiger partial charge on any atom is -0.385 e. The number of hydrogen-bond donors (Lipinski definition) is 1. The number of aldehydes is 1. The van der Waals surface area contributed by atoms with Crippen molar-refractivity contribution >= 4 is 6.29 Å². The average molecular weight is 194 g/mol. The first-order valence-corrected chi connectivity index (χ1v) is 4.55. The Balaban J connectivity index is 2.58. The third-order valence-corrected chi connectivity index (χ3v) is 2.68. The van der Waals surface area contributed by atoms with Gasteiger partial charge in [0, 0.05) is 5.56 Å². The summed E-state index contributed by atoms with van der Waals surface area (Å²) in [5.41, 5.74) is 0.296. The summed E-state index contributed by atoms with van der Waals surface area (Å²) in [6.07, 6.45) is 1.88. The Morgan fingerprint density at radius 1 is 1.50 bits per heavy atom. The van der Waals surface area contributed by atoms with Crippen LogP contribution in [-0.2, 0) is 5.60 Å². The molecule has 0 amide bonds. The summed E-state index contributed by atoms with van der Waals surface area (Å²) in [4.78, 5) is 10.7. The number of benzene rings is 1. The number of carbonyl (C=O) groups excluding carboxylic acids is 1. The maximum Gasteiger partial charge on any atom is 0.150 e. The van der Waals surface area contributed by atoms with Gasteiger partial charge in [0.05, 0.1) is 5.60 Å². The molecule has 0 bridgehead atoms. The van der Waals surface area contributed by atoms with Crippen molar-refractivity contribution in [2.75, 3.05) is 0 Å². The SMILES string of the molecule is Cc1cc(C=O)c(C2(O)CC2)cc1F. The molecule has 0 heterocycles. The van der Waals surface area contributed by atoms with Gasteiger partial charge in [0.1, 0.15) is 12.1 Å². The number of aryl methyl sites for hydroxylation is 1. The number of rotatable bonds is 2. The molecule has 0 atom stereocenters. The Bertz CT molecular complexity index is 395. The van der Waals surface area contributed by atoms with Crippen LogP contribution in [0.25, 0.3) is 0 Å². The van der Waals surface area contributed by atoms with Crippen LogP contribution in [0.1, 0.15) is 34.3 Å². The largest absolute Gasteiger partial charge is 0.385 e. The van der Waals surface area contributed by atoms with Crippen LogP contribution in [0.2, 0.25) is 0 Å². The summed E-state index contributed by atoms with van der Waals surface area (Å²) in [5, 5.41) is 9.80. The summed E-state index contributed by atoms with van der Waals surface area (Å²) >= 11 is 0. The van der Waals surface area contributed by atoms with Crippen molar-refractivity contribution in [1.82, 2.24) is 0 Å². The van der Waals surface area contributed by atoms with Gasteiger partial charge in [-0.25, -0.2) is 4.39 Å². The van der Waals surface area contributed by atoms with Gasteiger partial charge in [-0.2, -0.15) is 0 Å². The molecule has 1 aromatic rings. The summed E-state index contributed by atoms with van der Waals surface area (Å²) in [7, 11) is 0. The molecule has 1 N–H and O–H groups in total. The van der Waals surface area contributed by atoms with Crippen molar-refractivity contribution in [1.29, 1.82) is 0 Å². The van der Waals surface area contributed by atoms with E-state index in [4.69, 9.17) is 0 Å². The van der Waals surface area contributed by atoms with E-state index in [9.17, 15) is 14.3 Å². The number of aliphatic hydroxyl groups is 1. The Morgan fingerprint density at radius 3 is 2.64 bits per heavy atom. The number of halogens is 1. The standard InChI is InChI=1S/C11H11FO2/c1-7-4-8(6-13)9(5-10(7)12)11(14)2-3-11/h4-6,14H,2-3H2,1H3. The average Bonchev–Trinajstić information content (AvgIpc) is 2.89. The van der Waals surface area contributed by atoms with Gasteiger partial charge < -0.3 is 5.11 Å². The van der Waals surface area contributed by atoms with E-state index in [2.05, 4.69) is 0 Å². The Hall–Kier alpha value is -1.22. The highest BCUT2D eigenvalue weighted by Crippen LogP contribution is 2.46. The number of hydrogen-bond acceptors (Lipinski definition) is 2. The van der Waals surface area contributed by atoms with Crippen molar-refractivity contribution in [3.63, 3.8) is 0 Å². The quantitative estimate of drug-likeness (QED) is 0.730. The second-order valence-corrected chi connectivity index (χ2v) is 3.84. The minimum atomic E-state index is -0.954. The van der Waals surface area contributed by atoms with Gasteiger partial charge in [-0.3, -0.25) is 4.79 Å². The molecular formula is C11H11FO2. The van der Waals surface area contributed by atoms with Crippen molar-refractivity contribution in [3.05, 3.63) is 34.6 Å². The molecule has 3 heteroatoms. The Kier molecular flexibility index (Phi) is 1.93. The van der Waals surface area contributed by atoms with E-state index in [-0.39, 0.29) is 5.82 Å². The van der Waals surface area contributed by atoms with Gasteiger partial charge in [0.25, 0.3) is 0 Å². The van der Waals surface area contributed by atoms with Crippen molar-refractivity contribution in [2.45, 2.75) is 25.4 Å². The van der Waals surface area contributed by atoms with E-state index in [0.717, 1.165) is 0 Å². The normalized spacial score (nSPS) is 17.9. The fourth-order valence-electron chi connectivity index (χ4n) is 1.59. The van der Waals surface area contributed by atoms with Gasteiger partial charge in [0.15, 0.2) is 0 Å². The van der Waals surface area contributed by atoms with Gasteiger partial charge in [-0.05, 0) is 43.0 Å². The van der Waals surface area contributed by atoms with E-state index in [1.54, 1.807) is 6.92 Å². The third-order valence-electron chi connectivity index (χ3n) is 2.68. The van der Waals surface area contributed by atoms with Crippen LogP contribution in [0.4, 0.5) is 4.39 Å². The van der Waals surface area contributed by atoms with Gasteiger partial charge in [-0.1, -0.05) is 0 Å². The van der Waals surface area contributed by atoms with E-state index in [1.165, 1.54) is 12.1 Å². The fourth-order valence-corrected chi connectivity index (χ4v) is 1.59. The van der Waals surface area contributed by atoms with Crippen LogP contribution in [-0.4, -0.2) is 11.4 Å². The van der Waals surface area contributed by atoms with Crippen LogP contribution in [0, 0.1) is 12.7 Å². The van der Waals surface area contributed by atoms with E-state index < -0.39 is 5.60 Å². The first kappa shape index (κ1) is 9.34. The minimum absolute atomic E-state index is 0.370. The fraction of sp³-hybridized carbons (Fsp3) is 0.364. The highest BCUT2D eigenvalue weighted by Gasteiger charge is 2.43. The van der Waals surface area contributed by atoms with Crippen LogP contribution >= 0.6 is 0 Å². The molecule has 2 nitrogen and oxygen atoms in total. The first-order chi connectivity index (χ1) is 6.57. The highest BCUT2D eigenvalue weighted by atomic mass is 19.1. The zero-order valence-corrected chi connectivity index (χ0v) is 7.88. The molecule has 74 valence electrons. The number of carbonyl (C=O) groups is 1. The molecule has 0 unspecified atom stereocenters. The summed E-state index contributed by atoms with van der Waals surface area (Å²) < 4.78 is 13.2. The molecule has 0 aromatic heterocycles. The molecule has 1 saturated carbocycles. The summed E-state index contributed by atoms with van der Waals surface area (Å²) in [6.45, 7) is 1.60. The molecule has 0 radical (unpaired) electrons. The maximum absolute atomic E-state index is 13.2. The molecule has 2 rings (SSSR count). The predicted molar refractivity (Wildman–Crippen MR) is 49.7 cm³/mol. The first-order valence-electron chi connectivity index (χ1n) is 4.55. The van der Waals surface area contributed by atoms with E-state index >= 15 is 0 Å². The van der Waals surface area contributed by atoms with Crippen LogP contribution in [0.15, 0.2) is 12.1 Å². The van der Waals surface area contributed by atoms with Crippen LogP contribution in [0.3, 0.4) is 0 Å². The van der Waals surface area contributed by atoms with Crippen LogP contribution in [0.5, 0.6) is 0 Å². The molecule has 0 aliphatic heterocycles. The topological polar surface area (TPSA) is 37.3 Å². The third kappa shape index (κ3) is 1.34. The molecule has 1 aliphatic rings. The highest BCUT2D eigenvalue weighted by molar-refractivity contribution is 5.78. The smallest absolute Gasteiger partial charge is 0.150 e. The van der Waals surface area contributed by atoms with Crippen molar-refractivity contribution in [2.24, 2.45) is 0 Å². The Labute approximate surface area is 81.4 Å². The predicted octanol–water partition coefficient (Wildman–Crippen LogP) is 1.93. The lowest BCUT2D eigenvalue weighted by Gasteiger charge is -2.12. The van der Waals surface area contributed by atoms with E-state index in [1.807, 2.05) is 0 Å².